The minimum absolute atomic E-state index is 0.0140. The van der Waals surface area contributed by atoms with E-state index in [0.717, 1.165) is 29.5 Å². The van der Waals surface area contributed by atoms with Crippen LogP contribution in [0.25, 0.3) is 17.2 Å². The van der Waals surface area contributed by atoms with Crippen molar-refractivity contribution < 1.29 is 65.1 Å². The Kier molecular flexibility index (Phi) is 22.2. The maximum absolute atomic E-state index is 13.6. The zero-order valence-electron chi connectivity index (χ0n) is 35.7. The van der Waals surface area contributed by atoms with Crippen LogP contribution in [0.2, 0.25) is 0 Å². The second-order valence-electron chi connectivity index (χ2n) is 14.0. The molecule has 0 spiro atoms. The van der Waals surface area contributed by atoms with Crippen LogP contribution >= 0.6 is 0 Å². The number of benzene rings is 3. The lowest BCUT2D eigenvalue weighted by Gasteiger charge is -2.22. The van der Waals surface area contributed by atoms with E-state index < -0.39 is 41.4 Å². The number of halogens is 4. The van der Waals surface area contributed by atoms with Gasteiger partial charge in [0.2, 0.25) is 23.3 Å². The van der Waals surface area contributed by atoms with E-state index >= 15 is 0 Å². The average molecular weight is 889 g/mol. The van der Waals surface area contributed by atoms with Crippen molar-refractivity contribution in [1.82, 2.24) is 10.2 Å². The second-order valence-corrected chi connectivity index (χ2v) is 14.0. The highest BCUT2D eigenvalue weighted by Crippen LogP contribution is 2.32. The first kappa shape index (κ1) is 50.4. The van der Waals surface area contributed by atoms with E-state index in [-0.39, 0.29) is 50.7 Å². The van der Waals surface area contributed by atoms with Crippen LogP contribution in [-0.4, -0.2) is 127 Å². The van der Waals surface area contributed by atoms with Gasteiger partial charge in [0, 0.05) is 48.8 Å². The summed E-state index contributed by atoms with van der Waals surface area (Å²) >= 11 is 0. The predicted molar refractivity (Wildman–Crippen MR) is 227 cm³/mol. The first-order valence-electron chi connectivity index (χ1n) is 20.9. The summed E-state index contributed by atoms with van der Waals surface area (Å²) in [4.78, 5) is 44.3. The SMILES string of the molecule is CCCN(CCC)C(=O)C1=Cc2cc(-c3ccc(C(=O)NCCOCCOCCOCCOCCOCCOCCC(=O)Oc4c(F)c(F)cc(F)c4F)cc3)ccc2N=C(N)C1. The molecule has 1 aliphatic heterocycles. The highest BCUT2D eigenvalue weighted by atomic mass is 19.2. The van der Waals surface area contributed by atoms with Crippen molar-refractivity contribution in [2.75, 3.05) is 98.9 Å². The van der Waals surface area contributed by atoms with Crippen molar-refractivity contribution in [2.45, 2.75) is 39.5 Å². The largest absolute Gasteiger partial charge is 0.420 e. The molecule has 14 nitrogen and oxygen atoms in total. The van der Waals surface area contributed by atoms with Gasteiger partial charge in [-0.3, -0.25) is 14.4 Å². The topological polar surface area (TPSA) is 169 Å². The van der Waals surface area contributed by atoms with Crippen molar-refractivity contribution >= 4 is 35.4 Å². The maximum Gasteiger partial charge on any atom is 0.313 e. The summed E-state index contributed by atoms with van der Waals surface area (Å²) in [5, 5.41) is 2.86. The molecule has 1 aliphatic rings. The number of esters is 1. The Morgan fingerprint density at radius 1 is 0.683 bits per heavy atom. The van der Waals surface area contributed by atoms with Crippen LogP contribution in [0.15, 0.2) is 59.1 Å². The molecule has 0 atom stereocenters. The van der Waals surface area contributed by atoms with Gasteiger partial charge in [0.05, 0.1) is 91.4 Å². The Hall–Kier alpha value is -5.24. The molecule has 0 saturated heterocycles. The van der Waals surface area contributed by atoms with Gasteiger partial charge in [-0.05, 0) is 54.3 Å². The molecule has 2 amide bonds. The number of aliphatic imine (C=N–C) groups is 1. The van der Waals surface area contributed by atoms with Gasteiger partial charge < -0.3 is 49.1 Å². The van der Waals surface area contributed by atoms with Gasteiger partial charge >= 0.3 is 5.97 Å². The summed E-state index contributed by atoms with van der Waals surface area (Å²) in [5.74, 6) is -9.38. The molecule has 0 aliphatic carbocycles. The molecule has 0 radical (unpaired) electrons. The maximum atomic E-state index is 13.6. The van der Waals surface area contributed by atoms with Crippen LogP contribution < -0.4 is 15.8 Å². The highest BCUT2D eigenvalue weighted by molar-refractivity contribution is 6.05. The van der Waals surface area contributed by atoms with Crippen LogP contribution in [-0.2, 0) is 38.0 Å². The monoisotopic (exact) mass is 888 g/mol. The van der Waals surface area contributed by atoms with E-state index in [0.29, 0.717) is 95.1 Å². The Balaban J connectivity index is 0.975. The summed E-state index contributed by atoms with van der Waals surface area (Å²) in [6, 6.07) is 13.1. The van der Waals surface area contributed by atoms with Crippen LogP contribution in [0.1, 0.15) is 55.5 Å². The second kappa shape index (κ2) is 27.7. The number of carbonyl (C=O) groups is 3. The van der Waals surface area contributed by atoms with E-state index in [1.807, 2.05) is 41.3 Å². The number of fused-ring (bicyclic) bond motifs is 1. The van der Waals surface area contributed by atoms with Crippen LogP contribution in [0.3, 0.4) is 0 Å². The van der Waals surface area contributed by atoms with Crippen molar-refractivity contribution in [3.05, 3.63) is 88.5 Å². The van der Waals surface area contributed by atoms with Gasteiger partial charge in [0.1, 0.15) is 5.84 Å². The summed E-state index contributed by atoms with van der Waals surface area (Å²) in [5.41, 5.74) is 10.7. The van der Waals surface area contributed by atoms with Crippen molar-refractivity contribution in [2.24, 2.45) is 10.7 Å². The molecule has 0 aromatic heterocycles. The summed E-state index contributed by atoms with van der Waals surface area (Å²) < 4.78 is 90.4. The fraction of sp³-hybridized carbons (Fsp3) is 0.467. The first-order valence-corrected chi connectivity index (χ1v) is 20.9. The third-order valence-corrected chi connectivity index (χ3v) is 9.15. The van der Waals surface area contributed by atoms with Gasteiger partial charge in [-0.2, -0.15) is 8.78 Å². The molecule has 3 aromatic carbocycles. The third-order valence-electron chi connectivity index (χ3n) is 9.15. The molecule has 18 heteroatoms. The molecular formula is C45H56F4N4O10. The van der Waals surface area contributed by atoms with Gasteiger partial charge in [0.25, 0.3) is 5.91 Å². The molecule has 0 fully saturated rings. The molecule has 1 heterocycles. The van der Waals surface area contributed by atoms with Crippen molar-refractivity contribution in [3.63, 3.8) is 0 Å². The molecule has 0 bridgehead atoms. The van der Waals surface area contributed by atoms with E-state index in [9.17, 15) is 31.9 Å². The normalized spacial score (nSPS) is 12.3. The molecular weight excluding hydrogens is 833 g/mol. The quantitative estimate of drug-likeness (QED) is 0.0269. The van der Waals surface area contributed by atoms with Crippen LogP contribution in [0, 0.1) is 23.3 Å². The smallest absolute Gasteiger partial charge is 0.313 e. The van der Waals surface area contributed by atoms with Crippen molar-refractivity contribution in [1.29, 1.82) is 0 Å². The number of amidine groups is 1. The Morgan fingerprint density at radius 3 is 1.73 bits per heavy atom. The predicted octanol–water partition coefficient (Wildman–Crippen LogP) is 6.16. The van der Waals surface area contributed by atoms with E-state index in [1.165, 1.54) is 0 Å². The third kappa shape index (κ3) is 17.1. The van der Waals surface area contributed by atoms with Crippen LogP contribution in [0.4, 0.5) is 23.2 Å². The van der Waals surface area contributed by atoms with Gasteiger partial charge in [-0.15, -0.1) is 0 Å². The Bertz CT molecular complexity index is 1970. The number of nitrogens with two attached hydrogens (primary N) is 1. The van der Waals surface area contributed by atoms with Gasteiger partial charge in [-0.25, -0.2) is 13.8 Å². The molecule has 344 valence electrons. The van der Waals surface area contributed by atoms with E-state index in [1.54, 1.807) is 12.1 Å². The minimum atomic E-state index is -1.80. The molecule has 3 N–H and O–H groups in total. The number of ether oxygens (including phenoxy) is 7. The number of carbonyl (C=O) groups excluding carboxylic acids is 3. The summed E-state index contributed by atoms with van der Waals surface area (Å²) in [6.45, 7) is 9.01. The lowest BCUT2D eigenvalue weighted by Crippen LogP contribution is -2.34. The fourth-order valence-electron chi connectivity index (χ4n) is 6.09. The minimum Gasteiger partial charge on any atom is -0.420 e. The lowest BCUT2D eigenvalue weighted by molar-refractivity contribution is -0.136. The molecule has 3 aromatic rings. The summed E-state index contributed by atoms with van der Waals surface area (Å²) in [6.07, 6.45) is 3.52. The van der Waals surface area contributed by atoms with Crippen molar-refractivity contribution in [3.8, 4) is 16.9 Å². The van der Waals surface area contributed by atoms with Gasteiger partial charge in [0.15, 0.2) is 11.6 Å². The van der Waals surface area contributed by atoms with Crippen LogP contribution in [0.5, 0.6) is 5.75 Å². The number of amides is 2. The lowest BCUT2D eigenvalue weighted by atomic mass is 9.99. The highest BCUT2D eigenvalue weighted by Gasteiger charge is 2.24. The average Bonchev–Trinajstić information content (AvgIpc) is 3.44. The summed E-state index contributed by atoms with van der Waals surface area (Å²) in [7, 11) is 0. The fourth-order valence-corrected chi connectivity index (χ4v) is 6.09. The van der Waals surface area contributed by atoms with Gasteiger partial charge in [-0.1, -0.05) is 32.0 Å². The number of hydrogen-bond donors (Lipinski definition) is 2. The standard InChI is InChI=1S/C45H56F4N4O10/c1-3-13-53(14-4-2)45(56)35-28-34-27-33(9-10-38(34)52-39(50)29-35)31-5-7-32(8-6-31)44(55)51-12-16-58-18-20-60-22-24-62-26-25-61-23-21-59-19-17-57-15-11-40(54)63-43-41(48)36(46)30-37(47)42(43)49/h5-10,27-28,30H,3-4,11-26,29H2,1-2H3,(H2,50,52)(H,51,55). The first-order chi connectivity index (χ1) is 30.5. The number of nitrogens with one attached hydrogen (secondary N) is 1. The zero-order valence-corrected chi connectivity index (χ0v) is 35.7. The van der Waals surface area contributed by atoms with E-state index in [4.69, 9.17) is 34.2 Å². The molecule has 63 heavy (non-hydrogen) atoms. The Morgan fingerprint density at radius 2 is 1.19 bits per heavy atom. The number of hydrogen-bond acceptors (Lipinski definition) is 12. The van der Waals surface area contributed by atoms with E-state index in [2.05, 4.69) is 28.9 Å². The molecule has 0 saturated carbocycles. The number of rotatable bonds is 29. The Labute approximate surface area is 364 Å². The number of nitrogens with zero attached hydrogens (tertiary/aromatic N) is 2. The molecule has 0 unspecified atom stereocenters. The zero-order chi connectivity index (χ0) is 45.4. The molecule has 4 rings (SSSR count).